The van der Waals surface area contributed by atoms with Gasteiger partial charge in [0.15, 0.2) is 0 Å². The summed E-state index contributed by atoms with van der Waals surface area (Å²) in [7, 11) is 1.92. The summed E-state index contributed by atoms with van der Waals surface area (Å²) in [6.45, 7) is 3.15. The molecule has 2 rings (SSSR count). The maximum atomic E-state index is 12.0. The van der Waals surface area contributed by atoms with E-state index in [2.05, 4.69) is 29.8 Å². The molecule has 4 nitrogen and oxygen atoms in total. The van der Waals surface area contributed by atoms with E-state index in [1.807, 2.05) is 11.9 Å². The molecule has 1 aromatic carbocycles. The summed E-state index contributed by atoms with van der Waals surface area (Å²) in [4.78, 5) is 15.3. The summed E-state index contributed by atoms with van der Waals surface area (Å²) < 4.78 is 0. The first kappa shape index (κ1) is 15.2. The van der Waals surface area contributed by atoms with Crippen molar-refractivity contribution in [2.24, 2.45) is 0 Å². The highest BCUT2D eigenvalue weighted by atomic mass is 32.1. The first-order chi connectivity index (χ1) is 10.1. The third-order valence-corrected chi connectivity index (χ3v) is 4.08. The Morgan fingerprint density at radius 2 is 2.24 bits per heavy atom. The maximum absolute atomic E-state index is 12.0. The fourth-order valence-electron chi connectivity index (χ4n) is 1.98. The van der Waals surface area contributed by atoms with Gasteiger partial charge in [0.25, 0.3) is 0 Å². The number of nitrogens with one attached hydrogen (secondary N) is 1. The minimum atomic E-state index is -0.0817. The average Bonchev–Trinajstić information content (AvgIpc) is 2.84. The first-order valence-electron chi connectivity index (χ1n) is 6.60. The zero-order valence-corrected chi connectivity index (χ0v) is 12.9. The number of benzene rings is 1. The molecule has 0 spiro atoms. The molecule has 2 aromatic rings. The third-order valence-electron chi connectivity index (χ3n) is 3.07. The Labute approximate surface area is 128 Å². The van der Waals surface area contributed by atoms with E-state index in [0.29, 0.717) is 17.8 Å². The van der Waals surface area contributed by atoms with Crippen LogP contribution in [0.3, 0.4) is 0 Å². The predicted molar refractivity (Wildman–Crippen MR) is 85.2 cm³/mol. The van der Waals surface area contributed by atoms with Gasteiger partial charge < -0.3 is 5.32 Å². The van der Waals surface area contributed by atoms with E-state index in [1.165, 1.54) is 10.4 Å². The van der Waals surface area contributed by atoms with Crippen LogP contribution in [-0.2, 0) is 11.3 Å². The normalized spacial score (nSPS) is 10.4. The van der Waals surface area contributed by atoms with Gasteiger partial charge in [0, 0.05) is 17.1 Å². The molecule has 1 heterocycles. The number of amides is 1. The Morgan fingerprint density at radius 3 is 2.90 bits per heavy atom. The Bertz CT molecular complexity index is 672. The quantitative estimate of drug-likeness (QED) is 0.923. The molecule has 0 bridgehead atoms. The predicted octanol–water partition coefficient (Wildman–Crippen LogP) is 3.00. The van der Waals surface area contributed by atoms with Crippen LogP contribution >= 0.6 is 11.3 Å². The Kier molecular flexibility index (Phi) is 5.09. The second-order valence-electron chi connectivity index (χ2n) is 4.94. The van der Waals surface area contributed by atoms with Gasteiger partial charge in [-0.25, -0.2) is 0 Å². The summed E-state index contributed by atoms with van der Waals surface area (Å²) in [6.07, 6.45) is 0. The lowest BCUT2D eigenvalue weighted by atomic mass is 10.2. The van der Waals surface area contributed by atoms with Crippen LogP contribution in [0.15, 0.2) is 35.7 Å². The Balaban J connectivity index is 1.89. The smallest absolute Gasteiger partial charge is 0.238 e. The minimum Gasteiger partial charge on any atom is -0.325 e. The summed E-state index contributed by atoms with van der Waals surface area (Å²) in [5.74, 6) is -0.0817. The first-order valence-corrected chi connectivity index (χ1v) is 7.48. The number of hydrogen-bond acceptors (Lipinski definition) is 4. The van der Waals surface area contributed by atoms with Crippen LogP contribution in [0.5, 0.6) is 0 Å². The van der Waals surface area contributed by atoms with Crippen molar-refractivity contribution in [1.82, 2.24) is 4.90 Å². The summed E-state index contributed by atoms with van der Waals surface area (Å²) in [6, 6.07) is 11.1. The van der Waals surface area contributed by atoms with Gasteiger partial charge in [-0.3, -0.25) is 9.69 Å². The molecule has 0 atom stereocenters. The van der Waals surface area contributed by atoms with Gasteiger partial charge >= 0.3 is 0 Å². The van der Waals surface area contributed by atoms with Gasteiger partial charge in [-0.1, -0.05) is 6.07 Å². The van der Waals surface area contributed by atoms with Crippen LogP contribution < -0.4 is 5.32 Å². The van der Waals surface area contributed by atoms with Gasteiger partial charge in [0.1, 0.15) is 0 Å². The fraction of sp³-hybridized carbons (Fsp3) is 0.250. The molecule has 0 fully saturated rings. The second-order valence-corrected chi connectivity index (χ2v) is 5.94. The average molecular weight is 299 g/mol. The molecular formula is C16H17N3OS. The van der Waals surface area contributed by atoms with Crippen LogP contribution in [0, 0.1) is 18.3 Å². The Hall–Kier alpha value is -2.16. The molecule has 0 aliphatic rings. The number of carbonyl (C=O) groups excluding carboxylic acids is 1. The number of anilines is 1. The van der Waals surface area contributed by atoms with E-state index < -0.39 is 0 Å². The van der Waals surface area contributed by atoms with Crippen molar-refractivity contribution in [3.63, 3.8) is 0 Å². The van der Waals surface area contributed by atoms with Crippen LogP contribution in [-0.4, -0.2) is 24.4 Å². The number of nitriles is 1. The Morgan fingerprint density at radius 1 is 1.43 bits per heavy atom. The van der Waals surface area contributed by atoms with Crippen molar-refractivity contribution in [3.05, 3.63) is 51.7 Å². The standard InChI is InChI=1S/C16H17N3OS/c1-12-6-7-21-15(12)10-19(2)11-16(20)18-14-5-3-4-13(8-14)9-17/h3-8H,10-11H2,1-2H3,(H,18,20). The van der Waals surface area contributed by atoms with E-state index in [-0.39, 0.29) is 5.91 Å². The molecule has 0 unspecified atom stereocenters. The molecule has 108 valence electrons. The van der Waals surface area contributed by atoms with Crippen molar-refractivity contribution in [2.75, 3.05) is 18.9 Å². The largest absolute Gasteiger partial charge is 0.325 e. The molecule has 1 N–H and O–H groups in total. The lowest BCUT2D eigenvalue weighted by molar-refractivity contribution is -0.117. The number of thiophene rings is 1. The van der Waals surface area contributed by atoms with E-state index in [1.54, 1.807) is 35.6 Å². The summed E-state index contributed by atoms with van der Waals surface area (Å²) in [5, 5.41) is 13.7. The van der Waals surface area contributed by atoms with Gasteiger partial charge in [-0.15, -0.1) is 11.3 Å². The molecule has 0 saturated heterocycles. The van der Waals surface area contributed by atoms with Crippen molar-refractivity contribution in [2.45, 2.75) is 13.5 Å². The molecule has 0 aliphatic heterocycles. The molecule has 5 heteroatoms. The number of rotatable bonds is 5. The van der Waals surface area contributed by atoms with Crippen LogP contribution in [0.1, 0.15) is 16.0 Å². The molecule has 0 aliphatic carbocycles. The minimum absolute atomic E-state index is 0.0817. The lowest BCUT2D eigenvalue weighted by Crippen LogP contribution is -2.29. The van der Waals surface area contributed by atoms with Gasteiger partial charge in [0.2, 0.25) is 5.91 Å². The molecule has 1 amide bonds. The van der Waals surface area contributed by atoms with Crippen molar-refractivity contribution in [1.29, 1.82) is 5.26 Å². The van der Waals surface area contributed by atoms with E-state index >= 15 is 0 Å². The number of aryl methyl sites for hydroxylation is 1. The molecule has 1 aromatic heterocycles. The topological polar surface area (TPSA) is 56.1 Å². The van der Waals surface area contributed by atoms with E-state index in [9.17, 15) is 4.79 Å². The molecule has 0 radical (unpaired) electrons. The highest BCUT2D eigenvalue weighted by Gasteiger charge is 2.09. The fourth-order valence-corrected chi connectivity index (χ4v) is 2.96. The van der Waals surface area contributed by atoms with E-state index in [4.69, 9.17) is 5.26 Å². The molecule has 0 saturated carbocycles. The summed E-state index contributed by atoms with van der Waals surface area (Å²) in [5.41, 5.74) is 2.45. The number of hydrogen-bond donors (Lipinski definition) is 1. The third kappa shape index (κ3) is 4.42. The number of nitrogens with zero attached hydrogens (tertiary/aromatic N) is 2. The molecular weight excluding hydrogens is 282 g/mol. The maximum Gasteiger partial charge on any atom is 0.238 e. The SMILES string of the molecule is Cc1ccsc1CN(C)CC(=O)Nc1cccc(C#N)c1. The van der Waals surface area contributed by atoms with Gasteiger partial charge in [0.05, 0.1) is 18.2 Å². The zero-order chi connectivity index (χ0) is 15.2. The molecule has 21 heavy (non-hydrogen) atoms. The highest BCUT2D eigenvalue weighted by molar-refractivity contribution is 7.10. The van der Waals surface area contributed by atoms with E-state index in [0.717, 1.165) is 6.54 Å². The van der Waals surface area contributed by atoms with Crippen molar-refractivity contribution >= 4 is 22.9 Å². The highest BCUT2D eigenvalue weighted by Crippen LogP contribution is 2.17. The lowest BCUT2D eigenvalue weighted by Gasteiger charge is -2.16. The van der Waals surface area contributed by atoms with Crippen LogP contribution in [0.4, 0.5) is 5.69 Å². The van der Waals surface area contributed by atoms with Crippen molar-refractivity contribution in [3.8, 4) is 6.07 Å². The second kappa shape index (κ2) is 7.02. The number of likely N-dealkylation sites (N-methyl/N-ethyl adjacent to an activating group) is 1. The van der Waals surface area contributed by atoms with Gasteiger partial charge in [-0.05, 0) is 49.2 Å². The monoisotopic (exact) mass is 299 g/mol. The van der Waals surface area contributed by atoms with Crippen molar-refractivity contribution < 1.29 is 4.79 Å². The number of carbonyl (C=O) groups is 1. The van der Waals surface area contributed by atoms with Gasteiger partial charge in [-0.2, -0.15) is 5.26 Å². The zero-order valence-electron chi connectivity index (χ0n) is 12.1. The summed E-state index contributed by atoms with van der Waals surface area (Å²) >= 11 is 1.70. The van der Waals surface area contributed by atoms with Crippen LogP contribution in [0.2, 0.25) is 0 Å². The van der Waals surface area contributed by atoms with Crippen LogP contribution in [0.25, 0.3) is 0 Å².